The van der Waals surface area contributed by atoms with Crippen LogP contribution in [0.5, 0.6) is 11.5 Å². The van der Waals surface area contributed by atoms with E-state index in [9.17, 15) is 19.2 Å². The van der Waals surface area contributed by atoms with Crippen LogP contribution in [-0.4, -0.2) is 42.0 Å². The van der Waals surface area contributed by atoms with Gasteiger partial charge in [0.1, 0.15) is 28.6 Å². The Hall–Kier alpha value is -3.88. The maximum atomic E-state index is 13.2. The van der Waals surface area contributed by atoms with Gasteiger partial charge in [0.15, 0.2) is 0 Å². The molecule has 0 spiro atoms. The lowest BCUT2D eigenvalue weighted by atomic mass is 10.0. The first-order valence-electron chi connectivity index (χ1n) is 12.4. The molecular weight excluding hydrogens is 476 g/mol. The second kappa shape index (κ2) is 11.9. The number of hydrogen-bond acceptors (Lipinski definition) is 7. The third kappa shape index (κ3) is 8.06. The number of rotatable bonds is 11. The highest BCUT2D eigenvalue weighted by Crippen LogP contribution is 2.47. The predicted octanol–water partition coefficient (Wildman–Crippen LogP) is 4.37. The zero-order valence-corrected chi connectivity index (χ0v) is 21.7. The summed E-state index contributed by atoms with van der Waals surface area (Å²) in [5.41, 5.74) is -1.52. The Balaban J connectivity index is 1.72. The van der Waals surface area contributed by atoms with Crippen LogP contribution >= 0.6 is 0 Å². The quantitative estimate of drug-likeness (QED) is 0.340. The Morgan fingerprint density at radius 2 is 1.65 bits per heavy atom. The summed E-state index contributed by atoms with van der Waals surface area (Å²) in [6.45, 7) is 7.06. The zero-order valence-electron chi connectivity index (χ0n) is 21.7. The van der Waals surface area contributed by atoms with E-state index >= 15 is 0 Å². The van der Waals surface area contributed by atoms with Crippen LogP contribution in [0.4, 0.5) is 5.69 Å². The van der Waals surface area contributed by atoms with Crippen molar-refractivity contribution in [2.45, 2.75) is 65.0 Å². The number of nitrogens with one attached hydrogen (secondary N) is 2. The van der Waals surface area contributed by atoms with Crippen molar-refractivity contribution in [2.75, 3.05) is 11.9 Å². The van der Waals surface area contributed by atoms with Crippen LogP contribution in [0.15, 0.2) is 54.6 Å². The molecule has 198 valence electrons. The van der Waals surface area contributed by atoms with Crippen molar-refractivity contribution in [1.82, 2.24) is 5.32 Å². The molecule has 2 aromatic rings. The average Bonchev–Trinajstić information content (AvgIpc) is 3.64. The summed E-state index contributed by atoms with van der Waals surface area (Å²) in [6, 6.07) is 14.9. The summed E-state index contributed by atoms with van der Waals surface area (Å²) < 4.78 is 16.2. The van der Waals surface area contributed by atoms with E-state index in [1.165, 1.54) is 0 Å². The molecule has 0 aromatic heterocycles. The molecule has 2 N–H and O–H groups in total. The highest BCUT2D eigenvalue weighted by atomic mass is 16.6. The Morgan fingerprint density at radius 1 is 0.973 bits per heavy atom. The molecule has 1 fully saturated rings. The molecule has 3 rings (SSSR count). The van der Waals surface area contributed by atoms with Crippen molar-refractivity contribution in [1.29, 1.82) is 0 Å². The van der Waals surface area contributed by atoms with Gasteiger partial charge >= 0.3 is 11.9 Å². The number of carbonyl (C=O) groups excluding carboxylic acids is 4. The normalized spacial score (nSPS) is 14.6. The number of ether oxygens (including phenoxy) is 3. The topological polar surface area (TPSA) is 120 Å². The molecule has 0 heterocycles. The van der Waals surface area contributed by atoms with E-state index in [0.717, 1.165) is 0 Å². The SMILES string of the molecule is CCOC(=O)C1(C(=O)NC(CCC(=O)OC(C)(C)C)C(=O)Nc2cccc(Oc3ccccc3)c2)CC1. The lowest BCUT2D eigenvalue weighted by Gasteiger charge is -2.23. The molecule has 2 aromatic carbocycles. The van der Waals surface area contributed by atoms with E-state index in [-0.39, 0.29) is 19.4 Å². The molecule has 1 aliphatic carbocycles. The lowest BCUT2D eigenvalue weighted by Crippen LogP contribution is -2.49. The maximum absolute atomic E-state index is 13.2. The molecule has 0 saturated heterocycles. The summed E-state index contributed by atoms with van der Waals surface area (Å²) in [6.07, 6.45) is 0.582. The molecule has 1 saturated carbocycles. The van der Waals surface area contributed by atoms with Gasteiger partial charge in [-0.1, -0.05) is 24.3 Å². The molecule has 1 unspecified atom stereocenters. The Kier molecular flexibility index (Phi) is 8.91. The molecule has 9 heteroatoms. The fraction of sp³-hybridized carbons (Fsp3) is 0.429. The number of esters is 2. The summed E-state index contributed by atoms with van der Waals surface area (Å²) in [7, 11) is 0. The number of anilines is 1. The van der Waals surface area contributed by atoms with Crippen LogP contribution in [0.3, 0.4) is 0 Å². The zero-order chi connectivity index (χ0) is 27.1. The minimum absolute atomic E-state index is 0.00834. The molecule has 2 amide bonds. The van der Waals surface area contributed by atoms with Crippen molar-refractivity contribution < 1.29 is 33.4 Å². The molecule has 37 heavy (non-hydrogen) atoms. The van der Waals surface area contributed by atoms with Gasteiger partial charge in [-0.05, 0) is 71.2 Å². The van der Waals surface area contributed by atoms with Crippen molar-refractivity contribution >= 4 is 29.4 Å². The fourth-order valence-electron chi connectivity index (χ4n) is 3.63. The monoisotopic (exact) mass is 510 g/mol. The van der Waals surface area contributed by atoms with E-state index in [1.54, 1.807) is 52.0 Å². The predicted molar refractivity (Wildman–Crippen MR) is 137 cm³/mol. The van der Waals surface area contributed by atoms with Crippen molar-refractivity contribution in [3.05, 3.63) is 54.6 Å². The lowest BCUT2D eigenvalue weighted by molar-refractivity contribution is -0.157. The van der Waals surface area contributed by atoms with Crippen molar-refractivity contribution in [3.8, 4) is 11.5 Å². The van der Waals surface area contributed by atoms with Gasteiger partial charge in [0, 0.05) is 18.2 Å². The van der Waals surface area contributed by atoms with Crippen molar-refractivity contribution in [2.24, 2.45) is 5.41 Å². The highest BCUT2D eigenvalue weighted by Gasteiger charge is 2.58. The van der Waals surface area contributed by atoms with Gasteiger partial charge in [0.2, 0.25) is 11.8 Å². The third-order valence-corrected chi connectivity index (χ3v) is 5.61. The van der Waals surface area contributed by atoms with Crippen LogP contribution in [0, 0.1) is 5.41 Å². The molecule has 0 radical (unpaired) electrons. The third-order valence-electron chi connectivity index (χ3n) is 5.61. The van der Waals surface area contributed by atoms with Crippen LogP contribution in [0.1, 0.15) is 53.4 Å². The number of para-hydroxylation sites is 1. The van der Waals surface area contributed by atoms with Crippen LogP contribution < -0.4 is 15.4 Å². The van der Waals surface area contributed by atoms with Crippen LogP contribution in [0.2, 0.25) is 0 Å². The minimum Gasteiger partial charge on any atom is -0.465 e. The smallest absolute Gasteiger partial charge is 0.321 e. The van der Waals surface area contributed by atoms with Crippen LogP contribution in [-0.2, 0) is 28.7 Å². The van der Waals surface area contributed by atoms with E-state index in [2.05, 4.69) is 10.6 Å². The summed E-state index contributed by atoms with van der Waals surface area (Å²) in [5, 5.41) is 5.43. The van der Waals surface area contributed by atoms with E-state index in [0.29, 0.717) is 30.0 Å². The average molecular weight is 511 g/mol. The number of benzene rings is 2. The van der Waals surface area contributed by atoms with Crippen molar-refractivity contribution in [3.63, 3.8) is 0 Å². The molecule has 1 aliphatic rings. The van der Waals surface area contributed by atoms with Crippen LogP contribution in [0.25, 0.3) is 0 Å². The molecular formula is C28H34N2O7. The highest BCUT2D eigenvalue weighted by molar-refractivity contribution is 6.07. The Morgan fingerprint density at radius 3 is 2.27 bits per heavy atom. The molecule has 0 bridgehead atoms. The van der Waals surface area contributed by atoms with Gasteiger partial charge in [-0.3, -0.25) is 19.2 Å². The van der Waals surface area contributed by atoms with E-state index in [1.807, 2.05) is 30.3 Å². The first-order valence-corrected chi connectivity index (χ1v) is 12.4. The van der Waals surface area contributed by atoms with Gasteiger partial charge in [-0.2, -0.15) is 0 Å². The minimum atomic E-state index is -1.29. The number of carbonyl (C=O) groups is 4. The van der Waals surface area contributed by atoms with Gasteiger partial charge in [0.25, 0.3) is 0 Å². The second-order valence-corrected chi connectivity index (χ2v) is 9.89. The molecule has 9 nitrogen and oxygen atoms in total. The summed E-state index contributed by atoms with van der Waals surface area (Å²) in [4.78, 5) is 50.9. The van der Waals surface area contributed by atoms with Gasteiger partial charge in [-0.25, -0.2) is 0 Å². The largest absolute Gasteiger partial charge is 0.465 e. The molecule has 0 aliphatic heterocycles. The van der Waals surface area contributed by atoms with Gasteiger partial charge in [0.05, 0.1) is 6.61 Å². The number of hydrogen-bond donors (Lipinski definition) is 2. The Labute approximate surface area is 216 Å². The summed E-state index contributed by atoms with van der Waals surface area (Å²) >= 11 is 0. The first kappa shape index (κ1) is 27.7. The standard InChI is InChI=1S/C28H34N2O7/c1-5-35-26(34)28(16-17-28)25(33)30-22(14-15-23(31)37-27(2,3)4)24(32)29-19-10-9-13-21(18-19)36-20-11-7-6-8-12-20/h6-13,18,22H,5,14-17H2,1-4H3,(H,29,32)(H,30,33). The number of amides is 2. The maximum Gasteiger partial charge on any atom is 0.321 e. The second-order valence-electron chi connectivity index (χ2n) is 9.89. The summed E-state index contributed by atoms with van der Waals surface area (Å²) in [5.74, 6) is -1.07. The van der Waals surface area contributed by atoms with Gasteiger partial charge in [-0.15, -0.1) is 0 Å². The van der Waals surface area contributed by atoms with E-state index < -0.39 is 40.8 Å². The first-order chi connectivity index (χ1) is 17.5. The molecule has 1 atom stereocenters. The van der Waals surface area contributed by atoms with E-state index in [4.69, 9.17) is 14.2 Å². The van der Waals surface area contributed by atoms with Gasteiger partial charge < -0.3 is 24.8 Å². The Bertz CT molecular complexity index is 1120. The fourth-order valence-corrected chi connectivity index (χ4v) is 3.63.